The molecule has 0 atom stereocenters. The summed E-state index contributed by atoms with van der Waals surface area (Å²) < 4.78 is 8.16. The summed E-state index contributed by atoms with van der Waals surface area (Å²) in [5.74, 6) is 1.50. The predicted molar refractivity (Wildman–Crippen MR) is 85.3 cm³/mol. The van der Waals surface area contributed by atoms with Gasteiger partial charge in [0.25, 0.3) is 0 Å². The molecule has 4 rings (SSSR count). The normalized spacial score (nSPS) is 14.6. The fourth-order valence-electron chi connectivity index (χ4n) is 2.96. The molecule has 3 heterocycles. The van der Waals surface area contributed by atoms with Crippen LogP contribution in [0, 0.1) is 0 Å². The number of aryl methyl sites for hydroxylation is 1. The van der Waals surface area contributed by atoms with E-state index in [1.807, 2.05) is 13.1 Å². The molecule has 0 saturated carbocycles. The SMILES string of the molecule is Cn1ccc2cc(Oc3ncnc4c3CCNCC4)ccc21. The van der Waals surface area contributed by atoms with E-state index in [1.165, 1.54) is 10.9 Å². The monoisotopic (exact) mass is 294 g/mol. The molecule has 1 aliphatic heterocycles. The van der Waals surface area contributed by atoms with Crippen molar-refractivity contribution >= 4 is 10.9 Å². The third kappa shape index (κ3) is 2.33. The van der Waals surface area contributed by atoms with Gasteiger partial charge >= 0.3 is 0 Å². The van der Waals surface area contributed by atoms with E-state index in [4.69, 9.17) is 4.74 Å². The second-order valence-electron chi connectivity index (χ2n) is 5.60. The number of nitrogens with one attached hydrogen (secondary N) is 1. The Labute approximate surface area is 129 Å². The Balaban J connectivity index is 1.70. The zero-order chi connectivity index (χ0) is 14.9. The van der Waals surface area contributed by atoms with Gasteiger partial charge in [-0.05, 0) is 37.2 Å². The molecule has 22 heavy (non-hydrogen) atoms. The Kier molecular flexibility index (Phi) is 3.27. The number of hydrogen-bond acceptors (Lipinski definition) is 4. The zero-order valence-corrected chi connectivity index (χ0v) is 12.5. The van der Waals surface area contributed by atoms with Crippen molar-refractivity contribution in [1.29, 1.82) is 0 Å². The first-order valence-electron chi connectivity index (χ1n) is 7.58. The van der Waals surface area contributed by atoms with Crippen molar-refractivity contribution in [1.82, 2.24) is 19.9 Å². The van der Waals surface area contributed by atoms with Crippen molar-refractivity contribution in [3.8, 4) is 11.6 Å². The van der Waals surface area contributed by atoms with Crippen molar-refractivity contribution in [2.45, 2.75) is 12.8 Å². The van der Waals surface area contributed by atoms with Gasteiger partial charge in [-0.15, -0.1) is 0 Å². The fraction of sp³-hybridized carbons (Fsp3) is 0.294. The third-order valence-corrected chi connectivity index (χ3v) is 4.16. The van der Waals surface area contributed by atoms with Crippen LogP contribution in [0.15, 0.2) is 36.8 Å². The molecule has 0 fully saturated rings. The first kappa shape index (κ1) is 13.3. The lowest BCUT2D eigenvalue weighted by atomic mass is 10.1. The van der Waals surface area contributed by atoms with Gasteiger partial charge in [0, 0.05) is 42.7 Å². The predicted octanol–water partition coefficient (Wildman–Crippen LogP) is 2.45. The van der Waals surface area contributed by atoms with Crippen molar-refractivity contribution in [2.75, 3.05) is 13.1 Å². The minimum absolute atomic E-state index is 0.684. The van der Waals surface area contributed by atoms with Crippen LogP contribution in [0.25, 0.3) is 10.9 Å². The van der Waals surface area contributed by atoms with E-state index in [-0.39, 0.29) is 0 Å². The summed E-state index contributed by atoms with van der Waals surface area (Å²) in [6.07, 6.45) is 5.47. The maximum absolute atomic E-state index is 6.06. The molecule has 0 bridgehead atoms. The van der Waals surface area contributed by atoms with E-state index >= 15 is 0 Å². The topological polar surface area (TPSA) is 52.0 Å². The number of fused-ring (bicyclic) bond motifs is 2. The second kappa shape index (κ2) is 5.42. The molecule has 2 aromatic heterocycles. The third-order valence-electron chi connectivity index (χ3n) is 4.16. The van der Waals surface area contributed by atoms with Crippen molar-refractivity contribution in [3.05, 3.63) is 48.0 Å². The summed E-state index contributed by atoms with van der Waals surface area (Å²) in [5, 5.41) is 4.55. The van der Waals surface area contributed by atoms with Gasteiger partial charge in [0.15, 0.2) is 0 Å². The number of benzene rings is 1. The number of aromatic nitrogens is 3. The van der Waals surface area contributed by atoms with E-state index < -0.39 is 0 Å². The van der Waals surface area contributed by atoms with Gasteiger partial charge in [-0.25, -0.2) is 9.97 Å². The lowest BCUT2D eigenvalue weighted by molar-refractivity contribution is 0.454. The average Bonchev–Trinajstić information content (AvgIpc) is 2.75. The summed E-state index contributed by atoms with van der Waals surface area (Å²) >= 11 is 0. The molecule has 5 heteroatoms. The highest BCUT2D eigenvalue weighted by atomic mass is 16.5. The number of nitrogens with zero attached hydrogens (tertiary/aromatic N) is 3. The maximum atomic E-state index is 6.06. The van der Waals surface area contributed by atoms with Crippen LogP contribution in [-0.4, -0.2) is 27.6 Å². The highest BCUT2D eigenvalue weighted by Gasteiger charge is 2.15. The standard InChI is InChI=1S/C17H18N4O/c1-21-9-6-12-10-13(2-3-16(12)21)22-17-14-4-7-18-8-5-15(14)19-11-20-17/h2-3,6,9-11,18H,4-5,7-8H2,1H3. The van der Waals surface area contributed by atoms with Gasteiger partial charge in [-0.3, -0.25) is 0 Å². The average molecular weight is 294 g/mol. The Morgan fingerprint density at radius 1 is 1.14 bits per heavy atom. The van der Waals surface area contributed by atoms with Crippen molar-refractivity contribution in [3.63, 3.8) is 0 Å². The van der Waals surface area contributed by atoms with Gasteiger partial charge in [-0.1, -0.05) is 0 Å². The van der Waals surface area contributed by atoms with Crippen LogP contribution in [0.3, 0.4) is 0 Å². The Hall–Kier alpha value is -2.40. The molecule has 0 aliphatic carbocycles. The molecule has 0 saturated heterocycles. The molecule has 0 unspecified atom stereocenters. The number of ether oxygens (including phenoxy) is 1. The summed E-state index contributed by atoms with van der Waals surface area (Å²) in [6, 6.07) is 8.21. The van der Waals surface area contributed by atoms with Gasteiger partial charge in [0.05, 0.1) is 5.69 Å². The largest absolute Gasteiger partial charge is 0.439 e. The molecule has 112 valence electrons. The van der Waals surface area contributed by atoms with Gasteiger partial charge in [0.2, 0.25) is 5.88 Å². The quantitative estimate of drug-likeness (QED) is 0.789. The molecular weight excluding hydrogens is 276 g/mol. The molecule has 0 spiro atoms. The van der Waals surface area contributed by atoms with Crippen LogP contribution in [0.2, 0.25) is 0 Å². The highest BCUT2D eigenvalue weighted by Crippen LogP contribution is 2.28. The van der Waals surface area contributed by atoms with E-state index in [1.54, 1.807) is 6.33 Å². The molecule has 1 aromatic carbocycles. The Bertz CT molecular complexity index is 825. The van der Waals surface area contributed by atoms with Crippen molar-refractivity contribution in [2.24, 2.45) is 7.05 Å². The van der Waals surface area contributed by atoms with Crippen LogP contribution in [-0.2, 0) is 19.9 Å². The van der Waals surface area contributed by atoms with Crippen molar-refractivity contribution < 1.29 is 4.74 Å². The van der Waals surface area contributed by atoms with Crippen LogP contribution >= 0.6 is 0 Å². The zero-order valence-electron chi connectivity index (χ0n) is 12.5. The fourth-order valence-corrected chi connectivity index (χ4v) is 2.96. The minimum atomic E-state index is 0.684. The minimum Gasteiger partial charge on any atom is -0.439 e. The molecule has 0 amide bonds. The van der Waals surface area contributed by atoms with Crippen LogP contribution in [0.1, 0.15) is 11.3 Å². The highest BCUT2D eigenvalue weighted by molar-refractivity contribution is 5.81. The van der Waals surface area contributed by atoms with E-state index in [2.05, 4.69) is 44.2 Å². The van der Waals surface area contributed by atoms with Crippen LogP contribution in [0.4, 0.5) is 0 Å². The number of rotatable bonds is 2. The summed E-state index contributed by atoms with van der Waals surface area (Å²) in [7, 11) is 2.04. The lowest BCUT2D eigenvalue weighted by Gasteiger charge is -2.11. The molecule has 1 N–H and O–H groups in total. The summed E-state index contributed by atoms with van der Waals surface area (Å²) in [5.41, 5.74) is 3.41. The van der Waals surface area contributed by atoms with Gasteiger partial charge in [0.1, 0.15) is 12.1 Å². The Morgan fingerprint density at radius 3 is 3.00 bits per heavy atom. The molecule has 5 nitrogen and oxygen atoms in total. The maximum Gasteiger partial charge on any atom is 0.225 e. The summed E-state index contributed by atoms with van der Waals surface area (Å²) in [6.45, 7) is 1.90. The first-order valence-corrected chi connectivity index (χ1v) is 7.58. The van der Waals surface area contributed by atoms with Gasteiger partial charge in [-0.2, -0.15) is 0 Å². The van der Waals surface area contributed by atoms with Crippen LogP contribution < -0.4 is 10.1 Å². The second-order valence-corrected chi connectivity index (χ2v) is 5.60. The van der Waals surface area contributed by atoms with E-state index in [0.717, 1.165) is 42.9 Å². The first-order chi connectivity index (χ1) is 10.8. The summed E-state index contributed by atoms with van der Waals surface area (Å²) in [4.78, 5) is 8.75. The smallest absolute Gasteiger partial charge is 0.225 e. The van der Waals surface area contributed by atoms with Gasteiger partial charge < -0.3 is 14.6 Å². The lowest BCUT2D eigenvalue weighted by Crippen LogP contribution is -2.16. The molecule has 0 radical (unpaired) electrons. The number of hydrogen-bond donors (Lipinski definition) is 1. The molecule has 1 aliphatic rings. The van der Waals surface area contributed by atoms with E-state index in [0.29, 0.717) is 5.88 Å². The van der Waals surface area contributed by atoms with Crippen LogP contribution in [0.5, 0.6) is 11.6 Å². The molecular formula is C17H18N4O. The Morgan fingerprint density at radius 2 is 2.05 bits per heavy atom. The van der Waals surface area contributed by atoms with E-state index in [9.17, 15) is 0 Å². The molecule has 3 aromatic rings.